The average Bonchev–Trinajstić information content (AvgIpc) is 3.80. The van der Waals surface area contributed by atoms with Gasteiger partial charge >= 0.3 is 12.2 Å². The third-order valence-corrected chi connectivity index (χ3v) is 9.22. The van der Waals surface area contributed by atoms with Gasteiger partial charge in [-0.2, -0.15) is 0 Å². The standard InChI is InChI=1S/C25H28N2O5.C17H26N2O3/c1-25(2,3)32-19-13-18(14-27-22(28)20-11-7-8-12-21(20)23(27)29)26(15-19)24(30)31-16-17-9-5-4-6-10-17;1-17(2,3)22-15-9-14(10-18)19(11-15)16(20)21-12-13-7-5-4-6-8-13/h4-12,18-19H,13-16H2,1-3H3;4-8,14-15H,9-12,18H2,1-3H3/t18-,19+;14-,15+/m00/s1. The second kappa shape index (κ2) is 17.6. The molecule has 54 heavy (non-hydrogen) atoms. The first-order chi connectivity index (χ1) is 25.6. The predicted octanol–water partition coefficient (Wildman–Crippen LogP) is 6.42. The summed E-state index contributed by atoms with van der Waals surface area (Å²) in [6.07, 6.45) is 0.284. The summed E-state index contributed by atoms with van der Waals surface area (Å²) in [5.41, 5.74) is 7.84. The van der Waals surface area contributed by atoms with Crippen LogP contribution in [0.4, 0.5) is 9.59 Å². The van der Waals surface area contributed by atoms with E-state index in [0.717, 1.165) is 17.5 Å². The summed E-state index contributed by atoms with van der Waals surface area (Å²) in [5.74, 6) is -0.660. The molecule has 0 spiro atoms. The van der Waals surface area contributed by atoms with Crippen molar-refractivity contribution in [3.63, 3.8) is 0 Å². The van der Waals surface area contributed by atoms with Gasteiger partial charge in [-0.15, -0.1) is 0 Å². The number of nitrogens with two attached hydrogens (primary N) is 1. The van der Waals surface area contributed by atoms with Gasteiger partial charge in [-0.05, 0) is 77.6 Å². The first kappa shape index (κ1) is 40.4. The number of nitrogens with zero attached hydrogens (tertiary/aromatic N) is 3. The molecule has 3 aliphatic rings. The highest BCUT2D eigenvalue weighted by Gasteiger charge is 2.44. The van der Waals surface area contributed by atoms with Gasteiger partial charge in [0.15, 0.2) is 0 Å². The number of fused-ring (bicyclic) bond motifs is 1. The Labute approximate surface area is 318 Å². The molecule has 12 nitrogen and oxygen atoms in total. The molecule has 3 aliphatic heterocycles. The van der Waals surface area contributed by atoms with Gasteiger partial charge in [0, 0.05) is 12.6 Å². The Bertz CT molecular complexity index is 1710. The molecule has 3 aromatic rings. The molecule has 0 aliphatic carbocycles. The van der Waals surface area contributed by atoms with Gasteiger partial charge in [-0.25, -0.2) is 9.59 Å². The smallest absolute Gasteiger partial charge is 0.410 e. The number of imide groups is 1. The van der Waals surface area contributed by atoms with E-state index in [-0.39, 0.29) is 73.2 Å². The van der Waals surface area contributed by atoms with E-state index in [4.69, 9.17) is 24.7 Å². The van der Waals surface area contributed by atoms with Crippen molar-refractivity contribution in [2.75, 3.05) is 26.2 Å². The zero-order valence-electron chi connectivity index (χ0n) is 32.2. The van der Waals surface area contributed by atoms with Crippen molar-refractivity contribution < 1.29 is 38.1 Å². The number of hydrogen-bond donors (Lipinski definition) is 1. The largest absolute Gasteiger partial charge is 0.445 e. The van der Waals surface area contributed by atoms with Crippen molar-refractivity contribution in [1.29, 1.82) is 0 Å². The summed E-state index contributed by atoms with van der Waals surface area (Å²) in [7, 11) is 0. The van der Waals surface area contributed by atoms with Crippen molar-refractivity contribution in [2.45, 2.75) is 103 Å². The molecule has 12 heteroatoms. The number of amides is 4. The summed E-state index contributed by atoms with van der Waals surface area (Å²) in [6.45, 7) is 13.8. The molecular formula is C42H54N4O8. The van der Waals surface area contributed by atoms with Crippen LogP contribution in [0, 0.1) is 0 Å². The first-order valence-corrected chi connectivity index (χ1v) is 18.6. The molecule has 3 heterocycles. The molecule has 4 atom stereocenters. The van der Waals surface area contributed by atoms with Crippen molar-refractivity contribution in [1.82, 2.24) is 14.7 Å². The fourth-order valence-electron chi connectivity index (χ4n) is 6.98. The molecule has 4 amide bonds. The number of hydrogen-bond acceptors (Lipinski definition) is 9. The zero-order valence-corrected chi connectivity index (χ0v) is 32.2. The molecule has 290 valence electrons. The van der Waals surface area contributed by atoms with Crippen LogP contribution in [0.25, 0.3) is 0 Å². The number of ether oxygens (including phenoxy) is 4. The fraction of sp³-hybridized carbons (Fsp3) is 0.476. The Hall–Kier alpha value is -4.78. The molecule has 2 fully saturated rings. The zero-order chi connectivity index (χ0) is 39.0. The van der Waals surface area contributed by atoms with Gasteiger partial charge in [-0.3, -0.25) is 14.5 Å². The minimum atomic E-state index is -0.476. The average molecular weight is 743 g/mol. The van der Waals surface area contributed by atoms with E-state index in [9.17, 15) is 19.2 Å². The quantitative estimate of drug-likeness (QED) is 0.246. The molecule has 2 saturated heterocycles. The van der Waals surface area contributed by atoms with Gasteiger partial charge in [0.05, 0.1) is 60.2 Å². The minimum absolute atomic E-state index is 0.0119. The van der Waals surface area contributed by atoms with E-state index in [1.807, 2.05) is 102 Å². The van der Waals surface area contributed by atoms with Gasteiger partial charge in [0.25, 0.3) is 11.8 Å². The Morgan fingerprint density at radius 1 is 0.630 bits per heavy atom. The summed E-state index contributed by atoms with van der Waals surface area (Å²) in [5, 5.41) is 0. The maximum Gasteiger partial charge on any atom is 0.410 e. The molecule has 0 bridgehead atoms. The lowest BCUT2D eigenvalue weighted by Gasteiger charge is -2.27. The number of carbonyl (C=O) groups excluding carboxylic acids is 4. The van der Waals surface area contributed by atoms with Crippen LogP contribution in [0.1, 0.15) is 86.2 Å². The third-order valence-electron chi connectivity index (χ3n) is 9.22. The Balaban J connectivity index is 0.000000223. The SMILES string of the molecule is CC(C)(C)O[C@@H]1C[C@@H](CN)N(C(=O)OCc2ccccc2)C1.CC(C)(C)O[C@@H]1C[C@@H](CN2C(=O)c3ccccc3C2=O)N(C(=O)OCc2ccccc2)C1. The van der Waals surface area contributed by atoms with E-state index >= 15 is 0 Å². The lowest BCUT2D eigenvalue weighted by molar-refractivity contribution is -0.0542. The van der Waals surface area contributed by atoms with Crippen molar-refractivity contribution in [3.05, 3.63) is 107 Å². The normalized spacial score (nSPS) is 21.1. The second-order valence-electron chi connectivity index (χ2n) is 15.9. The monoisotopic (exact) mass is 742 g/mol. The number of likely N-dealkylation sites (tertiary alicyclic amines) is 2. The van der Waals surface area contributed by atoms with Gasteiger partial charge in [0.1, 0.15) is 13.2 Å². The fourth-order valence-corrected chi connectivity index (χ4v) is 6.98. The molecule has 0 radical (unpaired) electrons. The van der Waals surface area contributed by atoms with Crippen LogP contribution in [0.3, 0.4) is 0 Å². The van der Waals surface area contributed by atoms with Gasteiger partial charge in [0.2, 0.25) is 0 Å². The maximum absolute atomic E-state index is 13.0. The van der Waals surface area contributed by atoms with Crippen LogP contribution in [0.15, 0.2) is 84.9 Å². The van der Waals surface area contributed by atoms with E-state index < -0.39 is 6.09 Å². The Morgan fingerprint density at radius 3 is 1.43 bits per heavy atom. The first-order valence-electron chi connectivity index (χ1n) is 18.6. The Kier molecular flexibility index (Phi) is 13.1. The lowest BCUT2D eigenvalue weighted by atomic mass is 10.1. The van der Waals surface area contributed by atoms with Crippen LogP contribution in [-0.4, -0.2) is 100 Å². The van der Waals surface area contributed by atoms with E-state index in [0.29, 0.717) is 37.2 Å². The summed E-state index contributed by atoms with van der Waals surface area (Å²) >= 11 is 0. The van der Waals surface area contributed by atoms with Crippen LogP contribution in [0.5, 0.6) is 0 Å². The van der Waals surface area contributed by atoms with Crippen molar-refractivity contribution in [2.24, 2.45) is 5.73 Å². The topological polar surface area (TPSA) is 141 Å². The number of carbonyl (C=O) groups is 4. The molecule has 0 saturated carbocycles. The molecule has 6 rings (SSSR count). The molecule has 3 aromatic carbocycles. The summed E-state index contributed by atoms with van der Waals surface area (Å²) in [4.78, 5) is 55.4. The van der Waals surface area contributed by atoms with Gasteiger partial charge < -0.3 is 34.5 Å². The lowest BCUT2D eigenvalue weighted by Crippen LogP contribution is -2.45. The molecule has 0 unspecified atom stereocenters. The van der Waals surface area contributed by atoms with Crippen molar-refractivity contribution in [3.8, 4) is 0 Å². The van der Waals surface area contributed by atoms with Crippen LogP contribution < -0.4 is 5.73 Å². The van der Waals surface area contributed by atoms with E-state index in [1.165, 1.54) is 4.90 Å². The third kappa shape index (κ3) is 10.9. The second-order valence-corrected chi connectivity index (χ2v) is 15.9. The van der Waals surface area contributed by atoms with Crippen LogP contribution in [0.2, 0.25) is 0 Å². The maximum atomic E-state index is 13.0. The highest BCUT2D eigenvalue weighted by molar-refractivity contribution is 6.21. The summed E-state index contributed by atoms with van der Waals surface area (Å²) in [6, 6.07) is 25.5. The Morgan fingerprint density at radius 2 is 1.02 bits per heavy atom. The van der Waals surface area contributed by atoms with Crippen LogP contribution in [-0.2, 0) is 32.2 Å². The summed E-state index contributed by atoms with van der Waals surface area (Å²) < 4.78 is 23.0. The van der Waals surface area contributed by atoms with Crippen LogP contribution >= 0.6 is 0 Å². The molecular weight excluding hydrogens is 688 g/mol. The molecule has 2 N–H and O–H groups in total. The number of rotatable bonds is 9. The van der Waals surface area contributed by atoms with Crippen molar-refractivity contribution >= 4 is 24.0 Å². The van der Waals surface area contributed by atoms with Gasteiger partial charge in [-0.1, -0.05) is 72.8 Å². The highest BCUT2D eigenvalue weighted by atomic mass is 16.6. The highest BCUT2D eigenvalue weighted by Crippen LogP contribution is 2.30. The molecule has 0 aromatic heterocycles. The minimum Gasteiger partial charge on any atom is -0.445 e. The number of benzene rings is 3. The van der Waals surface area contributed by atoms with E-state index in [1.54, 1.807) is 34.1 Å². The van der Waals surface area contributed by atoms with E-state index in [2.05, 4.69) is 0 Å². The predicted molar refractivity (Wildman–Crippen MR) is 204 cm³/mol.